The Balaban J connectivity index is 1.40. The molecule has 1 aromatic carbocycles. The van der Waals surface area contributed by atoms with Crippen molar-refractivity contribution in [2.24, 2.45) is 5.92 Å². The topological polar surface area (TPSA) is 53.1 Å². The highest BCUT2D eigenvalue weighted by Gasteiger charge is 2.16. The lowest BCUT2D eigenvalue weighted by Gasteiger charge is -2.32. The molecule has 2 N–H and O–H groups in total. The first kappa shape index (κ1) is 19.0. The van der Waals surface area contributed by atoms with Crippen molar-refractivity contribution in [2.45, 2.75) is 64.8 Å². The van der Waals surface area contributed by atoms with Crippen LogP contribution in [-0.2, 0) is 0 Å². The fraction of sp³-hybridized carbons (Fsp3) is 0.565. The quantitative estimate of drug-likeness (QED) is 0.717. The predicted molar refractivity (Wildman–Crippen MR) is 118 cm³/mol. The fourth-order valence-electron chi connectivity index (χ4n) is 4.30. The molecule has 2 aliphatic rings. The minimum atomic E-state index is 0.509. The molecule has 1 saturated carbocycles. The fourth-order valence-corrected chi connectivity index (χ4v) is 4.30. The molecule has 2 heterocycles. The van der Waals surface area contributed by atoms with Gasteiger partial charge in [0.1, 0.15) is 5.82 Å². The van der Waals surface area contributed by atoms with Crippen molar-refractivity contribution in [2.75, 3.05) is 28.6 Å². The van der Waals surface area contributed by atoms with E-state index in [9.17, 15) is 0 Å². The number of piperidine rings is 1. The maximum absolute atomic E-state index is 4.70. The first-order valence-electron chi connectivity index (χ1n) is 10.9. The molecule has 28 heavy (non-hydrogen) atoms. The molecule has 0 amide bonds. The smallest absolute Gasteiger partial charge is 0.225 e. The zero-order chi connectivity index (χ0) is 19.3. The van der Waals surface area contributed by atoms with Gasteiger partial charge in [0.05, 0.1) is 0 Å². The van der Waals surface area contributed by atoms with Crippen LogP contribution in [-0.4, -0.2) is 29.1 Å². The number of aromatic nitrogens is 2. The van der Waals surface area contributed by atoms with Crippen molar-refractivity contribution >= 4 is 23.1 Å². The predicted octanol–water partition coefficient (Wildman–Crippen LogP) is 5.51. The molecule has 0 bridgehead atoms. The number of rotatable bonds is 5. The van der Waals surface area contributed by atoms with Crippen molar-refractivity contribution in [1.29, 1.82) is 0 Å². The highest BCUT2D eigenvalue weighted by Crippen LogP contribution is 2.26. The molecule has 1 aliphatic carbocycles. The third-order valence-electron chi connectivity index (χ3n) is 6.08. The van der Waals surface area contributed by atoms with E-state index in [2.05, 4.69) is 51.7 Å². The molecular formula is C23H33N5. The lowest BCUT2D eigenvalue weighted by atomic mass is 9.96. The Morgan fingerprint density at radius 1 is 0.929 bits per heavy atom. The second-order valence-electron chi connectivity index (χ2n) is 8.54. The van der Waals surface area contributed by atoms with Gasteiger partial charge in [0.25, 0.3) is 0 Å². The van der Waals surface area contributed by atoms with E-state index >= 15 is 0 Å². The van der Waals surface area contributed by atoms with Gasteiger partial charge < -0.3 is 15.5 Å². The third kappa shape index (κ3) is 4.94. The van der Waals surface area contributed by atoms with Crippen LogP contribution >= 0.6 is 0 Å². The summed E-state index contributed by atoms with van der Waals surface area (Å²) >= 11 is 0. The molecule has 4 rings (SSSR count). The summed E-state index contributed by atoms with van der Waals surface area (Å²) in [6.07, 6.45) is 8.97. The van der Waals surface area contributed by atoms with Gasteiger partial charge >= 0.3 is 0 Å². The van der Waals surface area contributed by atoms with E-state index in [1.54, 1.807) is 0 Å². The number of nitrogens with one attached hydrogen (secondary N) is 2. The van der Waals surface area contributed by atoms with Crippen LogP contribution in [0.15, 0.2) is 30.3 Å². The molecule has 5 heteroatoms. The van der Waals surface area contributed by atoms with Crippen LogP contribution < -0.4 is 15.5 Å². The molecular weight excluding hydrogens is 346 g/mol. The maximum Gasteiger partial charge on any atom is 0.225 e. The van der Waals surface area contributed by atoms with Gasteiger partial charge in [-0.1, -0.05) is 26.2 Å². The van der Waals surface area contributed by atoms with Crippen LogP contribution in [0.2, 0.25) is 0 Å². The van der Waals surface area contributed by atoms with E-state index < -0.39 is 0 Å². The van der Waals surface area contributed by atoms with Crippen molar-refractivity contribution < 1.29 is 0 Å². The lowest BCUT2D eigenvalue weighted by Crippen LogP contribution is -2.32. The molecule has 0 unspecified atom stereocenters. The number of hydrogen-bond acceptors (Lipinski definition) is 5. The molecule has 1 saturated heterocycles. The molecule has 0 spiro atoms. The normalized spacial score (nSPS) is 18.9. The van der Waals surface area contributed by atoms with Crippen LogP contribution in [0.5, 0.6) is 0 Å². The summed E-state index contributed by atoms with van der Waals surface area (Å²) in [4.78, 5) is 11.8. The van der Waals surface area contributed by atoms with Crippen LogP contribution in [0.1, 0.15) is 57.6 Å². The van der Waals surface area contributed by atoms with E-state index in [-0.39, 0.29) is 0 Å². The van der Waals surface area contributed by atoms with Gasteiger partial charge in [0, 0.05) is 42.3 Å². The number of hydrogen-bond donors (Lipinski definition) is 2. The number of nitrogens with zero attached hydrogens (tertiary/aromatic N) is 3. The van der Waals surface area contributed by atoms with Crippen LogP contribution in [0, 0.1) is 12.8 Å². The van der Waals surface area contributed by atoms with Crippen LogP contribution in [0.25, 0.3) is 0 Å². The van der Waals surface area contributed by atoms with E-state index in [1.807, 2.05) is 13.0 Å². The molecule has 5 nitrogen and oxygen atoms in total. The van der Waals surface area contributed by atoms with Crippen molar-refractivity contribution in [1.82, 2.24) is 9.97 Å². The van der Waals surface area contributed by atoms with Gasteiger partial charge in [-0.2, -0.15) is 4.98 Å². The molecule has 0 radical (unpaired) electrons. The summed E-state index contributed by atoms with van der Waals surface area (Å²) in [5.74, 6) is 2.45. The van der Waals surface area contributed by atoms with Crippen molar-refractivity contribution in [3.8, 4) is 0 Å². The zero-order valence-electron chi connectivity index (χ0n) is 17.2. The summed E-state index contributed by atoms with van der Waals surface area (Å²) in [6.45, 7) is 6.70. The Hall–Kier alpha value is -2.30. The zero-order valence-corrected chi connectivity index (χ0v) is 17.2. The minimum absolute atomic E-state index is 0.509. The summed E-state index contributed by atoms with van der Waals surface area (Å²) in [5.41, 5.74) is 3.36. The third-order valence-corrected chi connectivity index (χ3v) is 6.08. The summed E-state index contributed by atoms with van der Waals surface area (Å²) in [5, 5.41) is 6.98. The highest BCUT2D eigenvalue weighted by molar-refractivity contribution is 5.61. The van der Waals surface area contributed by atoms with Gasteiger partial charge in [0.15, 0.2) is 0 Å². The second-order valence-corrected chi connectivity index (χ2v) is 8.54. The standard InChI is InChI=1S/C23H33N5/c1-17-12-14-28(15-13-17)21-10-8-20(9-11-21)25-22-16-18(2)24-23(27-22)26-19-6-4-3-5-7-19/h8-11,16-17,19H,3-7,12-15H2,1-2H3,(H2,24,25,26,27). The Bertz CT molecular complexity index is 759. The Labute approximate surface area is 169 Å². The first-order chi connectivity index (χ1) is 13.7. The Morgan fingerprint density at radius 2 is 1.64 bits per heavy atom. The van der Waals surface area contributed by atoms with Crippen LogP contribution in [0.4, 0.5) is 23.1 Å². The van der Waals surface area contributed by atoms with Crippen molar-refractivity contribution in [3.63, 3.8) is 0 Å². The monoisotopic (exact) mass is 379 g/mol. The number of benzene rings is 1. The van der Waals surface area contributed by atoms with Gasteiger partial charge in [-0.05, 0) is 62.8 Å². The summed E-state index contributed by atoms with van der Waals surface area (Å²) < 4.78 is 0. The lowest BCUT2D eigenvalue weighted by molar-refractivity contribution is 0.438. The van der Waals surface area contributed by atoms with Crippen LogP contribution in [0.3, 0.4) is 0 Å². The molecule has 2 fully saturated rings. The van der Waals surface area contributed by atoms with Gasteiger partial charge in [-0.25, -0.2) is 4.98 Å². The summed E-state index contributed by atoms with van der Waals surface area (Å²) in [6, 6.07) is 11.3. The molecule has 0 atom stereocenters. The molecule has 2 aromatic rings. The van der Waals surface area contributed by atoms with Crippen molar-refractivity contribution in [3.05, 3.63) is 36.0 Å². The average Bonchev–Trinajstić information content (AvgIpc) is 2.70. The van der Waals surface area contributed by atoms with E-state index in [1.165, 1.54) is 50.6 Å². The maximum atomic E-state index is 4.70. The Kier molecular flexibility index (Phi) is 5.98. The number of anilines is 4. The second kappa shape index (κ2) is 8.80. The van der Waals surface area contributed by atoms with E-state index in [0.717, 1.165) is 42.2 Å². The highest BCUT2D eigenvalue weighted by atomic mass is 15.2. The molecule has 150 valence electrons. The largest absolute Gasteiger partial charge is 0.372 e. The van der Waals surface area contributed by atoms with E-state index in [4.69, 9.17) is 4.98 Å². The summed E-state index contributed by atoms with van der Waals surface area (Å²) in [7, 11) is 0. The Morgan fingerprint density at radius 3 is 2.36 bits per heavy atom. The van der Waals surface area contributed by atoms with Gasteiger partial charge in [-0.15, -0.1) is 0 Å². The molecule has 1 aromatic heterocycles. The van der Waals surface area contributed by atoms with Gasteiger partial charge in [-0.3, -0.25) is 0 Å². The van der Waals surface area contributed by atoms with E-state index in [0.29, 0.717) is 6.04 Å². The molecule has 1 aliphatic heterocycles. The number of aryl methyl sites for hydroxylation is 1. The minimum Gasteiger partial charge on any atom is -0.372 e. The first-order valence-corrected chi connectivity index (χ1v) is 10.9. The SMILES string of the molecule is Cc1cc(Nc2ccc(N3CCC(C)CC3)cc2)nc(NC2CCCCC2)n1. The van der Waals surface area contributed by atoms with Gasteiger partial charge in [0.2, 0.25) is 5.95 Å². The average molecular weight is 380 g/mol.